The van der Waals surface area contributed by atoms with Gasteiger partial charge in [0.15, 0.2) is 0 Å². The summed E-state index contributed by atoms with van der Waals surface area (Å²) in [6.07, 6.45) is 7.67. The quantitative estimate of drug-likeness (QED) is 0.328. The summed E-state index contributed by atoms with van der Waals surface area (Å²) >= 11 is 8.52. The van der Waals surface area contributed by atoms with Gasteiger partial charge in [-0.15, -0.1) is 0 Å². The minimum absolute atomic E-state index is 0. The van der Waals surface area contributed by atoms with Gasteiger partial charge in [-0.05, 0) is 18.6 Å². The van der Waals surface area contributed by atoms with Crippen LogP contribution in [0.3, 0.4) is 0 Å². The molecule has 0 rings (SSSR count). The molecule has 0 aliphatic heterocycles. The first-order valence-electron chi connectivity index (χ1n) is 4.63. The van der Waals surface area contributed by atoms with Crippen LogP contribution in [0.2, 0.25) is 0 Å². The molecule has 0 heterocycles. The van der Waals surface area contributed by atoms with Gasteiger partial charge in [0.25, 0.3) is 0 Å². The van der Waals surface area contributed by atoms with Crippen LogP contribution >= 0.6 is 24.8 Å². The van der Waals surface area contributed by atoms with Crippen molar-refractivity contribution in [1.29, 1.82) is 0 Å². The van der Waals surface area contributed by atoms with Crippen molar-refractivity contribution in [3.8, 4) is 0 Å². The average molecular weight is 272 g/mol. The maximum atomic E-state index is 5.04. The Bertz CT molecular complexity index is 120. The number of hydrogen-bond donors (Lipinski definition) is 1. The van der Waals surface area contributed by atoms with Crippen LogP contribution in [0.15, 0.2) is 0 Å². The molecule has 72 valence electrons. The number of hydrogen-bond acceptors (Lipinski definition) is 2. The number of unbranched alkanes of at least 4 members (excludes halogenated alkanes) is 5. The van der Waals surface area contributed by atoms with Crippen molar-refractivity contribution < 1.29 is 24.2 Å². The summed E-state index contributed by atoms with van der Waals surface area (Å²) in [5.41, 5.74) is 0. The van der Waals surface area contributed by atoms with Crippen molar-refractivity contribution in [1.82, 2.24) is 0 Å². The third-order valence-electron chi connectivity index (χ3n) is 1.72. The van der Waals surface area contributed by atoms with Gasteiger partial charge in [0.05, 0.1) is 6.61 Å². The molecule has 0 aromatic carbocycles. The Kier molecular flexibility index (Phi) is 16.1. The SMILES string of the molecule is CCCCCCCCOC(=S)S.[Zn+2]. The molecule has 1 nitrogen and oxygen atoms in total. The first-order chi connectivity index (χ1) is 5.77. The van der Waals surface area contributed by atoms with Crippen LogP contribution < -0.4 is 0 Å². The zero-order valence-electron chi connectivity index (χ0n) is 8.42. The van der Waals surface area contributed by atoms with Crippen molar-refractivity contribution in [2.75, 3.05) is 6.61 Å². The molecule has 0 N–H and O–H groups in total. The summed E-state index contributed by atoms with van der Waals surface area (Å²) in [5, 5.41) is 0. The van der Waals surface area contributed by atoms with Crippen LogP contribution in [0.4, 0.5) is 0 Å². The molecule has 0 aliphatic carbocycles. The standard InChI is InChI=1S/C9H18OS2.Zn/c1-2-3-4-5-6-7-8-10-9(11)12;/h2-8H2,1H3,(H,11,12);/q;+2. The third-order valence-corrected chi connectivity index (χ3v) is 1.97. The molecule has 0 fully saturated rings. The summed E-state index contributed by atoms with van der Waals surface area (Å²) in [5.74, 6) is 0. The van der Waals surface area contributed by atoms with Crippen LogP contribution in [0.1, 0.15) is 45.4 Å². The number of thiocarbonyl (C=S) groups is 1. The fraction of sp³-hybridized carbons (Fsp3) is 0.889. The molecule has 0 saturated heterocycles. The Morgan fingerprint density at radius 2 is 1.69 bits per heavy atom. The van der Waals surface area contributed by atoms with Crippen LogP contribution in [0.5, 0.6) is 0 Å². The molecule has 0 aromatic heterocycles. The molecule has 0 aromatic rings. The summed E-state index contributed by atoms with van der Waals surface area (Å²) < 4.78 is 5.41. The van der Waals surface area contributed by atoms with Gasteiger partial charge in [-0.3, -0.25) is 0 Å². The first-order valence-corrected chi connectivity index (χ1v) is 5.48. The van der Waals surface area contributed by atoms with Crippen LogP contribution in [-0.2, 0) is 24.2 Å². The summed E-state index contributed by atoms with van der Waals surface area (Å²) in [7, 11) is 0. The van der Waals surface area contributed by atoms with Gasteiger partial charge in [0, 0.05) is 0 Å². The molecule has 0 radical (unpaired) electrons. The van der Waals surface area contributed by atoms with Gasteiger partial charge >= 0.3 is 19.5 Å². The predicted octanol–water partition coefficient (Wildman–Crippen LogP) is 3.58. The third kappa shape index (κ3) is 15.6. The van der Waals surface area contributed by atoms with Crippen LogP contribution in [0, 0.1) is 0 Å². The van der Waals surface area contributed by atoms with E-state index in [1.54, 1.807) is 0 Å². The number of thiol groups is 1. The maximum Gasteiger partial charge on any atom is 2.00 e. The van der Waals surface area contributed by atoms with E-state index in [1.165, 1.54) is 32.1 Å². The minimum atomic E-state index is 0. The van der Waals surface area contributed by atoms with E-state index in [0.717, 1.165) is 13.0 Å². The van der Waals surface area contributed by atoms with Gasteiger partial charge < -0.3 is 4.74 Å². The molecule has 0 spiro atoms. The Morgan fingerprint density at radius 3 is 2.23 bits per heavy atom. The zero-order valence-corrected chi connectivity index (χ0v) is 13.1. The molecule has 0 saturated carbocycles. The smallest absolute Gasteiger partial charge is 0.479 e. The maximum absolute atomic E-state index is 5.04. The Labute approximate surface area is 105 Å². The van der Waals surface area contributed by atoms with Crippen molar-refractivity contribution >= 4 is 29.2 Å². The van der Waals surface area contributed by atoms with Crippen molar-refractivity contribution in [2.45, 2.75) is 45.4 Å². The van der Waals surface area contributed by atoms with Gasteiger partial charge in [0.1, 0.15) is 0 Å². The minimum Gasteiger partial charge on any atom is -0.479 e. The van der Waals surface area contributed by atoms with E-state index in [1.807, 2.05) is 0 Å². The molecule has 0 bridgehead atoms. The second kappa shape index (κ2) is 12.9. The Morgan fingerprint density at radius 1 is 1.15 bits per heavy atom. The first kappa shape index (κ1) is 16.3. The summed E-state index contributed by atoms with van der Waals surface area (Å²) in [6.45, 7) is 2.96. The summed E-state index contributed by atoms with van der Waals surface area (Å²) in [6, 6.07) is 0. The molecule has 13 heavy (non-hydrogen) atoms. The molecular weight excluding hydrogens is 254 g/mol. The number of ether oxygens (including phenoxy) is 1. The molecule has 0 atom stereocenters. The number of rotatable bonds is 7. The van der Waals surface area contributed by atoms with Gasteiger partial charge in [-0.25, -0.2) is 0 Å². The summed E-state index contributed by atoms with van der Waals surface area (Å²) in [4.78, 5) is 0. The van der Waals surface area contributed by atoms with Crippen molar-refractivity contribution in [2.24, 2.45) is 0 Å². The fourth-order valence-corrected chi connectivity index (χ4v) is 1.22. The van der Waals surface area contributed by atoms with Crippen molar-refractivity contribution in [3.63, 3.8) is 0 Å². The second-order valence-electron chi connectivity index (χ2n) is 2.88. The van der Waals surface area contributed by atoms with E-state index < -0.39 is 0 Å². The van der Waals surface area contributed by atoms with E-state index in [2.05, 4.69) is 31.8 Å². The van der Waals surface area contributed by atoms with Crippen LogP contribution in [-0.4, -0.2) is 11.0 Å². The van der Waals surface area contributed by atoms with E-state index in [-0.39, 0.29) is 19.5 Å². The Balaban J connectivity index is 0. The fourth-order valence-electron chi connectivity index (χ4n) is 1.04. The van der Waals surface area contributed by atoms with E-state index in [4.69, 9.17) is 4.74 Å². The normalized spacial score (nSPS) is 9.08. The van der Waals surface area contributed by atoms with Crippen molar-refractivity contribution in [3.05, 3.63) is 0 Å². The van der Waals surface area contributed by atoms with Crippen LogP contribution in [0.25, 0.3) is 0 Å². The van der Waals surface area contributed by atoms with Gasteiger partial charge in [-0.1, -0.05) is 51.7 Å². The van der Waals surface area contributed by atoms with Gasteiger partial charge in [-0.2, -0.15) is 0 Å². The van der Waals surface area contributed by atoms with E-state index >= 15 is 0 Å². The monoisotopic (exact) mass is 270 g/mol. The topological polar surface area (TPSA) is 9.23 Å². The zero-order chi connectivity index (χ0) is 9.23. The van der Waals surface area contributed by atoms with E-state index in [0.29, 0.717) is 4.38 Å². The molecule has 0 unspecified atom stereocenters. The molecule has 4 heteroatoms. The predicted molar refractivity (Wildman–Crippen MR) is 60.9 cm³/mol. The average Bonchev–Trinajstić information content (AvgIpc) is 2.02. The molecular formula is C9H18OS2Zn+2. The largest absolute Gasteiger partial charge is 2.00 e. The molecule has 0 amide bonds. The second-order valence-corrected chi connectivity index (χ2v) is 3.96. The molecule has 0 aliphatic rings. The van der Waals surface area contributed by atoms with E-state index in [9.17, 15) is 0 Å². The Hall–Kier alpha value is 0.863. The van der Waals surface area contributed by atoms with Gasteiger partial charge in [0.2, 0.25) is 4.38 Å².